The number of aromatic nitrogens is 4. The molecule has 5 rings (SSSR count). The van der Waals surface area contributed by atoms with Crippen LogP contribution in [0.4, 0.5) is 15.6 Å². The molecular formula is C16H21N7OS. The summed E-state index contributed by atoms with van der Waals surface area (Å²) in [4.78, 5) is 22.6. The molecule has 1 saturated carbocycles. The van der Waals surface area contributed by atoms with Crippen LogP contribution in [0.15, 0.2) is 12.4 Å². The first-order valence-corrected chi connectivity index (χ1v) is 9.62. The van der Waals surface area contributed by atoms with Gasteiger partial charge >= 0.3 is 6.03 Å². The quantitative estimate of drug-likeness (QED) is 0.834. The van der Waals surface area contributed by atoms with Gasteiger partial charge in [0.1, 0.15) is 5.82 Å². The van der Waals surface area contributed by atoms with Crippen LogP contribution >= 0.6 is 11.5 Å². The highest BCUT2D eigenvalue weighted by molar-refractivity contribution is 7.09. The van der Waals surface area contributed by atoms with Gasteiger partial charge < -0.3 is 9.80 Å². The molecule has 0 N–H and O–H groups in total. The molecule has 0 atom stereocenters. The fourth-order valence-electron chi connectivity index (χ4n) is 3.52. The Morgan fingerprint density at radius 1 is 1.24 bits per heavy atom. The number of hydrogen-bond donors (Lipinski definition) is 0. The number of amides is 2. The van der Waals surface area contributed by atoms with Crippen LogP contribution in [0.25, 0.3) is 0 Å². The Morgan fingerprint density at radius 3 is 2.76 bits per heavy atom. The molecule has 0 unspecified atom stereocenters. The predicted molar refractivity (Wildman–Crippen MR) is 95.4 cm³/mol. The Kier molecular flexibility index (Phi) is 3.44. The van der Waals surface area contributed by atoms with Crippen molar-refractivity contribution >= 4 is 28.4 Å². The summed E-state index contributed by atoms with van der Waals surface area (Å²) in [6.07, 6.45) is 7.55. The van der Waals surface area contributed by atoms with Crippen LogP contribution in [-0.2, 0) is 0 Å². The summed E-state index contributed by atoms with van der Waals surface area (Å²) >= 11 is 1.51. The van der Waals surface area contributed by atoms with E-state index in [9.17, 15) is 4.79 Å². The Hall–Kier alpha value is -2.16. The minimum absolute atomic E-state index is 0.0483. The van der Waals surface area contributed by atoms with E-state index in [-0.39, 0.29) is 6.03 Å². The van der Waals surface area contributed by atoms with Crippen molar-refractivity contribution in [3.8, 4) is 0 Å². The Morgan fingerprint density at radius 2 is 2.08 bits per heavy atom. The summed E-state index contributed by atoms with van der Waals surface area (Å²) in [7, 11) is 1.83. The van der Waals surface area contributed by atoms with Gasteiger partial charge in [-0.2, -0.15) is 9.47 Å². The highest BCUT2D eigenvalue weighted by Crippen LogP contribution is 2.37. The third kappa shape index (κ3) is 2.48. The van der Waals surface area contributed by atoms with E-state index in [1.807, 2.05) is 17.9 Å². The molecule has 132 valence electrons. The van der Waals surface area contributed by atoms with Gasteiger partial charge in [0.25, 0.3) is 0 Å². The monoisotopic (exact) mass is 359 g/mol. The summed E-state index contributed by atoms with van der Waals surface area (Å²) in [5.74, 6) is 1.62. The smallest absolute Gasteiger partial charge is 0.324 e. The van der Waals surface area contributed by atoms with E-state index in [1.165, 1.54) is 30.8 Å². The van der Waals surface area contributed by atoms with Crippen molar-refractivity contribution in [2.24, 2.45) is 0 Å². The molecule has 2 amide bonds. The van der Waals surface area contributed by atoms with Gasteiger partial charge in [0.2, 0.25) is 5.13 Å². The normalized spacial score (nSPS) is 21.8. The number of carbonyl (C=O) groups is 1. The lowest BCUT2D eigenvalue weighted by atomic mass is 9.85. The van der Waals surface area contributed by atoms with Gasteiger partial charge in [0.05, 0.1) is 17.9 Å². The molecule has 3 fully saturated rings. The average molecular weight is 359 g/mol. The van der Waals surface area contributed by atoms with Crippen molar-refractivity contribution in [3.05, 3.63) is 18.2 Å². The van der Waals surface area contributed by atoms with Crippen LogP contribution in [0.2, 0.25) is 0 Å². The van der Waals surface area contributed by atoms with E-state index >= 15 is 0 Å². The highest BCUT2D eigenvalue weighted by Gasteiger charge is 2.34. The van der Waals surface area contributed by atoms with Gasteiger partial charge in [0, 0.05) is 56.9 Å². The summed E-state index contributed by atoms with van der Waals surface area (Å²) in [5.41, 5.74) is 0.885. The van der Waals surface area contributed by atoms with E-state index in [0.29, 0.717) is 12.0 Å². The van der Waals surface area contributed by atoms with E-state index in [0.717, 1.165) is 42.8 Å². The maximum atomic E-state index is 12.1. The molecule has 2 saturated heterocycles. The lowest BCUT2D eigenvalue weighted by Crippen LogP contribution is -2.48. The SMILES string of the molecule is CN1CCN(c2cnn(C3CN(c4nc(C5CCC5)ns4)C3)c2)C1=O. The second kappa shape index (κ2) is 5.69. The van der Waals surface area contributed by atoms with Crippen LogP contribution in [-0.4, -0.2) is 63.3 Å². The van der Waals surface area contributed by atoms with Crippen molar-refractivity contribution < 1.29 is 4.79 Å². The summed E-state index contributed by atoms with van der Waals surface area (Å²) in [5, 5.41) is 5.50. The lowest BCUT2D eigenvalue weighted by Gasteiger charge is -2.38. The number of carbonyl (C=O) groups excluding carboxylic acids is 1. The van der Waals surface area contributed by atoms with Crippen molar-refractivity contribution in [3.63, 3.8) is 0 Å². The van der Waals surface area contributed by atoms with E-state index < -0.39 is 0 Å². The van der Waals surface area contributed by atoms with E-state index in [4.69, 9.17) is 4.98 Å². The van der Waals surface area contributed by atoms with Gasteiger partial charge in [0.15, 0.2) is 0 Å². The van der Waals surface area contributed by atoms with Crippen molar-refractivity contribution in [1.29, 1.82) is 0 Å². The number of urea groups is 1. The molecule has 4 heterocycles. The number of hydrogen-bond acceptors (Lipinski definition) is 6. The second-order valence-electron chi connectivity index (χ2n) is 7.16. The molecule has 0 spiro atoms. The van der Waals surface area contributed by atoms with E-state index in [2.05, 4.69) is 14.4 Å². The Bertz CT molecular complexity index is 792. The van der Waals surface area contributed by atoms with Crippen LogP contribution in [0, 0.1) is 0 Å². The standard InChI is InChI=1S/C16H21N7OS/c1-20-5-6-22(16(20)24)12-7-17-23(10-12)13-8-21(9-13)15-18-14(19-25-15)11-3-2-4-11/h7,10-11,13H,2-6,8-9H2,1H3. The molecule has 0 aromatic carbocycles. The van der Waals surface area contributed by atoms with Gasteiger partial charge in [-0.05, 0) is 12.8 Å². The fraction of sp³-hybridized carbons (Fsp3) is 0.625. The van der Waals surface area contributed by atoms with Gasteiger partial charge in [-0.1, -0.05) is 6.42 Å². The topological polar surface area (TPSA) is 70.4 Å². The van der Waals surface area contributed by atoms with E-state index in [1.54, 1.807) is 16.0 Å². The molecule has 2 aliphatic heterocycles. The largest absolute Gasteiger partial charge is 0.342 e. The highest BCUT2D eigenvalue weighted by atomic mass is 32.1. The zero-order chi connectivity index (χ0) is 17.0. The van der Waals surface area contributed by atoms with Gasteiger partial charge in [-0.15, -0.1) is 0 Å². The number of likely N-dealkylation sites (N-methyl/N-ethyl adjacent to an activating group) is 1. The van der Waals surface area contributed by atoms with Gasteiger partial charge in [-0.25, -0.2) is 9.78 Å². The van der Waals surface area contributed by atoms with Crippen molar-refractivity contribution in [2.45, 2.75) is 31.2 Å². The zero-order valence-electron chi connectivity index (χ0n) is 14.2. The maximum Gasteiger partial charge on any atom is 0.324 e. The molecule has 0 bridgehead atoms. The van der Waals surface area contributed by atoms with Crippen LogP contribution in [0.3, 0.4) is 0 Å². The number of nitrogens with zero attached hydrogens (tertiary/aromatic N) is 7. The summed E-state index contributed by atoms with van der Waals surface area (Å²) in [6, 6.07) is 0.382. The summed E-state index contributed by atoms with van der Waals surface area (Å²) < 4.78 is 6.51. The van der Waals surface area contributed by atoms with Crippen molar-refractivity contribution in [2.75, 3.05) is 43.0 Å². The first-order chi connectivity index (χ1) is 12.2. The molecule has 8 nitrogen and oxygen atoms in total. The minimum atomic E-state index is 0.0483. The average Bonchev–Trinajstić information content (AvgIpc) is 3.20. The predicted octanol–water partition coefficient (Wildman–Crippen LogP) is 1.94. The molecule has 9 heteroatoms. The number of anilines is 2. The Balaban J connectivity index is 1.22. The first kappa shape index (κ1) is 15.1. The number of rotatable bonds is 4. The molecular weight excluding hydrogens is 338 g/mol. The summed E-state index contributed by atoms with van der Waals surface area (Å²) in [6.45, 7) is 3.29. The van der Waals surface area contributed by atoms with Crippen LogP contribution in [0.1, 0.15) is 37.0 Å². The third-order valence-corrected chi connectivity index (χ3v) is 6.32. The molecule has 3 aliphatic rings. The molecule has 2 aromatic rings. The fourth-order valence-corrected chi connectivity index (χ4v) is 4.28. The lowest BCUT2D eigenvalue weighted by molar-refractivity contribution is 0.229. The maximum absolute atomic E-state index is 12.1. The molecule has 1 aliphatic carbocycles. The molecule has 2 aromatic heterocycles. The van der Waals surface area contributed by atoms with Crippen LogP contribution in [0.5, 0.6) is 0 Å². The molecule has 25 heavy (non-hydrogen) atoms. The minimum Gasteiger partial charge on any atom is -0.342 e. The zero-order valence-corrected chi connectivity index (χ0v) is 15.0. The van der Waals surface area contributed by atoms with Crippen molar-refractivity contribution in [1.82, 2.24) is 24.0 Å². The third-order valence-electron chi connectivity index (χ3n) is 5.52. The van der Waals surface area contributed by atoms with Crippen LogP contribution < -0.4 is 9.80 Å². The molecule has 0 radical (unpaired) electrons. The Labute approximate surface area is 150 Å². The second-order valence-corrected chi connectivity index (χ2v) is 7.89. The first-order valence-electron chi connectivity index (χ1n) is 8.84. The van der Waals surface area contributed by atoms with Gasteiger partial charge in [-0.3, -0.25) is 9.58 Å².